The van der Waals surface area contributed by atoms with Gasteiger partial charge >= 0.3 is 0 Å². The van der Waals surface area contributed by atoms with Crippen LogP contribution < -0.4 is 16.0 Å². The average molecular weight is 402 g/mol. The van der Waals surface area contributed by atoms with Gasteiger partial charge in [-0.1, -0.05) is 0 Å². The van der Waals surface area contributed by atoms with Crippen molar-refractivity contribution in [3.05, 3.63) is 23.2 Å². The van der Waals surface area contributed by atoms with Gasteiger partial charge < -0.3 is 20.7 Å². The van der Waals surface area contributed by atoms with E-state index in [9.17, 15) is 14.4 Å². The van der Waals surface area contributed by atoms with Gasteiger partial charge in [0.2, 0.25) is 17.7 Å². The molecule has 2 unspecified atom stereocenters. The summed E-state index contributed by atoms with van der Waals surface area (Å²) in [7, 11) is 0. The number of thiazole rings is 1. The predicted molar refractivity (Wildman–Crippen MR) is 105 cm³/mol. The Kier molecular flexibility index (Phi) is 5.54. The van der Waals surface area contributed by atoms with Crippen LogP contribution in [0.2, 0.25) is 0 Å². The Bertz CT molecular complexity index is 906. The number of hydrogen-bond donors (Lipinski definition) is 3. The highest BCUT2D eigenvalue weighted by molar-refractivity contribution is 7.18. The van der Waals surface area contributed by atoms with Crippen LogP contribution in [-0.4, -0.2) is 48.5 Å². The first-order valence-corrected chi connectivity index (χ1v) is 10.2. The second-order valence-corrected chi connectivity index (χ2v) is 8.23. The van der Waals surface area contributed by atoms with Crippen molar-refractivity contribution in [2.45, 2.75) is 31.7 Å². The molecule has 2 atom stereocenters. The Labute approximate surface area is 166 Å². The number of nitrogens with one attached hydrogen (secondary N) is 3. The number of aromatic nitrogens is 1. The lowest BCUT2D eigenvalue weighted by Crippen LogP contribution is -2.35. The molecule has 3 heterocycles. The van der Waals surface area contributed by atoms with Gasteiger partial charge in [-0.05, 0) is 24.6 Å². The number of hydrogen-bond acceptors (Lipinski definition) is 6. The third-order valence-corrected chi connectivity index (χ3v) is 5.99. The van der Waals surface area contributed by atoms with Gasteiger partial charge in [-0.15, -0.1) is 11.3 Å². The average Bonchev–Trinajstić information content (AvgIpc) is 3.40. The summed E-state index contributed by atoms with van der Waals surface area (Å²) in [6.45, 7) is 1.67. The second-order valence-electron chi connectivity index (χ2n) is 7.11. The number of ether oxygens (including phenoxy) is 1. The lowest BCUT2D eigenvalue weighted by Gasteiger charge is -2.09. The van der Waals surface area contributed by atoms with Crippen molar-refractivity contribution in [2.24, 2.45) is 5.92 Å². The highest BCUT2D eigenvalue weighted by Gasteiger charge is 2.28. The minimum atomic E-state index is -0.330. The summed E-state index contributed by atoms with van der Waals surface area (Å²) in [4.78, 5) is 40.1. The van der Waals surface area contributed by atoms with Crippen LogP contribution in [0.15, 0.2) is 18.2 Å². The van der Waals surface area contributed by atoms with Crippen molar-refractivity contribution in [2.75, 3.05) is 25.1 Å². The van der Waals surface area contributed by atoms with Gasteiger partial charge in [-0.3, -0.25) is 14.4 Å². The number of aryl methyl sites for hydroxylation is 1. The van der Waals surface area contributed by atoms with Crippen LogP contribution in [0, 0.1) is 5.92 Å². The first-order chi connectivity index (χ1) is 13.6. The Hall–Kier alpha value is -2.52. The second kappa shape index (κ2) is 8.24. The van der Waals surface area contributed by atoms with Gasteiger partial charge in [0.15, 0.2) is 0 Å². The smallest absolute Gasteiger partial charge is 0.229 e. The molecule has 0 spiro atoms. The molecule has 9 heteroatoms. The minimum Gasteiger partial charge on any atom is -0.379 e. The zero-order valence-corrected chi connectivity index (χ0v) is 16.1. The van der Waals surface area contributed by atoms with Crippen molar-refractivity contribution in [1.82, 2.24) is 15.6 Å². The van der Waals surface area contributed by atoms with Crippen LogP contribution >= 0.6 is 11.3 Å². The van der Waals surface area contributed by atoms with Gasteiger partial charge in [-0.2, -0.15) is 0 Å². The van der Waals surface area contributed by atoms with E-state index in [4.69, 9.17) is 4.74 Å². The third kappa shape index (κ3) is 4.48. The molecule has 148 valence electrons. The van der Waals surface area contributed by atoms with Crippen LogP contribution in [0.3, 0.4) is 0 Å². The van der Waals surface area contributed by atoms with Gasteiger partial charge in [-0.25, -0.2) is 4.98 Å². The molecule has 2 aliphatic heterocycles. The Morgan fingerprint density at radius 2 is 2.25 bits per heavy atom. The number of carbonyl (C=O) groups excluding carboxylic acids is 3. The summed E-state index contributed by atoms with van der Waals surface area (Å²) in [5, 5.41) is 9.41. The molecule has 1 aromatic heterocycles. The van der Waals surface area contributed by atoms with E-state index in [2.05, 4.69) is 20.9 Å². The third-order valence-electron chi connectivity index (χ3n) is 4.91. The first kappa shape index (κ1) is 18.8. The SMILES string of the molecule is O=C1CC(C(=O)Nc2ccc3nc(CCC(=O)NC4CCOC4)sc3c2)CN1. The number of fused-ring (bicyclic) bond motifs is 1. The molecule has 0 bridgehead atoms. The molecular formula is C19H22N4O4S. The number of anilines is 1. The van der Waals surface area contributed by atoms with E-state index in [0.717, 1.165) is 21.6 Å². The van der Waals surface area contributed by atoms with Gasteiger partial charge in [0.25, 0.3) is 0 Å². The molecule has 2 saturated heterocycles. The normalized spacial score (nSPS) is 21.6. The Morgan fingerprint density at radius 1 is 1.36 bits per heavy atom. The van der Waals surface area contributed by atoms with Crippen LogP contribution in [0.4, 0.5) is 5.69 Å². The molecule has 8 nitrogen and oxygen atoms in total. The van der Waals surface area contributed by atoms with Crippen molar-refractivity contribution in [1.29, 1.82) is 0 Å². The van der Waals surface area contributed by atoms with Crippen molar-refractivity contribution in [3.63, 3.8) is 0 Å². The molecule has 0 aliphatic carbocycles. The highest BCUT2D eigenvalue weighted by Crippen LogP contribution is 2.26. The molecule has 3 N–H and O–H groups in total. The summed E-state index contributed by atoms with van der Waals surface area (Å²) in [6.07, 6.45) is 2.07. The zero-order chi connectivity index (χ0) is 19.5. The van der Waals surface area contributed by atoms with Gasteiger partial charge in [0, 0.05) is 38.1 Å². The summed E-state index contributed by atoms with van der Waals surface area (Å²) in [6, 6.07) is 5.67. The van der Waals surface area contributed by atoms with Crippen molar-refractivity contribution >= 4 is 45.0 Å². The quantitative estimate of drug-likeness (QED) is 0.673. The fourth-order valence-corrected chi connectivity index (χ4v) is 4.37. The topological polar surface area (TPSA) is 109 Å². The maximum Gasteiger partial charge on any atom is 0.229 e. The van der Waals surface area contributed by atoms with E-state index >= 15 is 0 Å². The molecule has 2 aromatic rings. The minimum absolute atomic E-state index is 0.0161. The molecule has 2 fully saturated rings. The standard InChI is InChI=1S/C19H22N4O4S/c24-16(21-13-5-6-27-10-13)3-4-18-23-14-2-1-12(8-15(14)28-18)22-19(26)11-7-17(25)20-9-11/h1-2,8,11,13H,3-7,9-10H2,(H,20,25)(H,21,24)(H,22,26). The van der Waals surface area contributed by atoms with Crippen LogP contribution in [0.5, 0.6) is 0 Å². The Balaban J connectivity index is 1.34. The fraction of sp³-hybridized carbons (Fsp3) is 0.474. The molecular weight excluding hydrogens is 380 g/mol. The maximum atomic E-state index is 12.3. The molecule has 4 rings (SSSR count). The number of nitrogens with zero attached hydrogens (tertiary/aromatic N) is 1. The highest BCUT2D eigenvalue weighted by atomic mass is 32.1. The van der Waals surface area contributed by atoms with Crippen molar-refractivity contribution < 1.29 is 19.1 Å². The lowest BCUT2D eigenvalue weighted by atomic mass is 10.1. The monoisotopic (exact) mass is 402 g/mol. The molecule has 28 heavy (non-hydrogen) atoms. The van der Waals surface area contributed by atoms with Crippen LogP contribution in [0.25, 0.3) is 10.2 Å². The number of carbonyl (C=O) groups is 3. The zero-order valence-electron chi connectivity index (χ0n) is 15.3. The van der Waals surface area contributed by atoms with Crippen molar-refractivity contribution in [3.8, 4) is 0 Å². The summed E-state index contributed by atoms with van der Waals surface area (Å²) in [5.41, 5.74) is 1.53. The molecule has 0 radical (unpaired) electrons. The van der Waals surface area contributed by atoms with E-state index < -0.39 is 0 Å². The van der Waals surface area contributed by atoms with Gasteiger partial charge in [0.05, 0.1) is 33.8 Å². The Morgan fingerprint density at radius 3 is 3.00 bits per heavy atom. The number of rotatable bonds is 6. The number of amides is 3. The summed E-state index contributed by atoms with van der Waals surface area (Å²) < 4.78 is 6.22. The maximum absolute atomic E-state index is 12.3. The van der Waals surface area contributed by atoms with Crippen LogP contribution in [0.1, 0.15) is 24.3 Å². The summed E-state index contributed by atoms with van der Waals surface area (Å²) >= 11 is 1.52. The van der Waals surface area contributed by atoms with E-state index in [-0.39, 0.29) is 36.1 Å². The molecule has 1 aromatic carbocycles. The molecule has 0 saturated carbocycles. The lowest BCUT2D eigenvalue weighted by molar-refractivity contribution is -0.123. The number of benzene rings is 1. The van der Waals surface area contributed by atoms with E-state index in [1.54, 1.807) is 6.07 Å². The predicted octanol–water partition coefficient (Wildman–Crippen LogP) is 1.21. The van der Waals surface area contributed by atoms with E-state index in [1.165, 1.54) is 11.3 Å². The molecule has 3 amide bonds. The van der Waals surface area contributed by atoms with E-state index in [0.29, 0.717) is 38.3 Å². The first-order valence-electron chi connectivity index (χ1n) is 9.41. The summed E-state index contributed by atoms with van der Waals surface area (Å²) in [5.74, 6) is -0.561. The molecule has 2 aliphatic rings. The largest absolute Gasteiger partial charge is 0.379 e. The van der Waals surface area contributed by atoms with Crippen LogP contribution in [-0.2, 0) is 25.5 Å². The van der Waals surface area contributed by atoms with Gasteiger partial charge in [0.1, 0.15) is 0 Å². The van der Waals surface area contributed by atoms with E-state index in [1.807, 2.05) is 12.1 Å². The fourth-order valence-electron chi connectivity index (χ4n) is 3.36.